The van der Waals surface area contributed by atoms with Crippen molar-refractivity contribution < 1.29 is 0 Å². The van der Waals surface area contributed by atoms with E-state index in [1.54, 1.807) is 0 Å². The SMILES string of the molecule is C=CN(c1ccccc1)[Si](C(C)C)(C(C)C)C(C)C. The lowest BCUT2D eigenvalue weighted by molar-refractivity contribution is 0.799. The first-order chi connectivity index (χ1) is 8.88. The van der Waals surface area contributed by atoms with Crippen molar-refractivity contribution in [3.63, 3.8) is 0 Å². The molecular weight excluding hydrogens is 246 g/mol. The second-order valence-corrected chi connectivity index (χ2v) is 12.0. The molecule has 0 fully saturated rings. The average Bonchev–Trinajstić information content (AvgIpc) is 2.35. The molecule has 0 aliphatic carbocycles. The normalized spacial score (nSPS) is 12.3. The van der Waals surface area contributed by atoms with Crippen molar-refractivity contribution in [1.29, 1.82) is 0 Å². The Labute approximate surface area is 120 Å². The average molecular weight is 276 g/mol. The molecule has 1 nitrogen and oxygen atoms in total. The highest BCUT2D eigenvalue weighted by molar-refractivity contribution is 6.87. The molecule has 0 aliphatic rings. The summed E-state index contributed by atoms with van der Waals surface area (Å²) in [5.41, 5.74) is 3.35. The smallest absolute Gasteiger partial charge is 0.169 e. The molecule has 0 unspecified atom stereocenters. The van der Waals surface area contributed by atoms with E-state index in [0.29, 0.717) is 16.6 Å². The number of hydrogen-bond donors (Lipinski definition) is 0. The zero-order valence-electron chi connectivity index (χ0n) is 13.4. The number of anilines is 1. The summed E-state index contributed by atoms with van der Waals surface area (Å²) in [7, 11) is -1.68. The van der Waals surface area contributed by atoms with Crippen LogP contribution >= 0.6 is 0 Å². The maximum absolute atomic E-state index is 4.11. The van der Waals surface area contributed by atoms with Gasteiger partial charge < -0.3 is 4.57 Å². The van der Waals surface area contributed by atoms with Gasteiger partial charge in [-0.3, -0.25) is 0 Å². The number of rotatable bonds is 6. The largest absolute Gasteiger partial charge is 0.374 e. The summed E-state index contributed by atoms with van der Waals surface area (Å²) in [6, 6.07) is 10.7. The summed E-state index contributed by atoms with van der Waals surface area (Å²) >= 11 is 0. The van der Waals surface area contributed by atoms with Crippen LogP contribution < -0.4 is 4.57 Å². The van der Waals surface area contributed by atoms with Crippen LogP contribution in [0.1, 0.15) is 41.5 Å². The standard InChI is InChI=1S/C17H29NSi/c1-8-18(17-12-10-9-11-13-17)19(14(2)3,15(4)5)16(6)7/h8-16H,1H2,2-7H3. The van der Waals surface area contributed by atoms with Gasteiger partial charge in [0, 0.05) is 5.69 Å². The number of nitrogens with zero attached hydrogens (tertiary/aromatic N) is 1. The zero-order valence-corrected chi connectivity index (χ0v) is 14.4. The van der Waals surface area contributed by atoms with Crippen LogP contribution in [0.4, 0.5) is 5.69 Å². The second kappa shape index (κ2) is 6.42. The Kier molecular flexibility index (Phi) is 5.42. The van der Waals surface area contributed by atoms with Crippen LogP contribution in [0.5, 0.6) is 0 Å². The van der Waals surface area contributed by atoms with Crippen LogP contribution in [0.2, 0.25) is 16.6 Å². The second-order valence-electron chi connectivity index (χ2n) is 6.24. The van der Waals surface area contributed by atoms with E-state index in [0.717, 1.165) is 0 Å². The number of hydrogen-bond acceptors (Lipinski definition) is 1. The van der Waals surface area contributed by atoms with Gasteiger partial charge in [-0.25, -0.2) is 0 Å². The fraction of sp³-hybridized carbons (Fsp3) is 0.529. The molecule has 1 aromatic rings. The fourth-order valence-corrected chi connectivity index (χ4v) is 10.5. The highest BCUT2D eigenvalue weighted by Gasteiger charge is 2.47. The molecule has 0 amide bonds. The van der Waals surface area contributed by atoms with E-state index in [-0.39, 0.29) is 0 Å². The van der Waals surface area contributed by atoms with Gasteiger partial charge in [0.15, 0.2) is 8.24 Å². The molecule has 0 aliphatic heterocycles. The van der Waals surface area contributed by atoms with Gasteiger partial charge in [-0.05, 0) is 35.0 Å². The molecule has 0 radical (unpaired) electrons. The summed E-state index contributed by atoms with van der Waals surface area (Å²) in [6.45, 7) is 18.4. The van der Waals surface area contributed by atoms with Crippen LogP contribution in [-0.2, 0) is 0 Å². The van der Waals surface area contributed by atoms with E-state index >= 15 is 0 Å². The molecule has 0 N–H and O–H groups in total. The van der Waals surface area contributed by atoms with Crippen molar-refractivity contribution in [2.75, 3.05) is 4.57 Å². The van der Waals surface area contributed by atoms with E-state index in [1.165, 1.54) is 5.69 Å². The van der Waals surface area contributed by atoms with Gasteiger partial charge >= 0.3 is 0 Å². The van der Waals surface area contributed by atoms with Gasteiger partial charge in [-0.15, -0.1) is 0 Å². The van der Waals surface area contributed by atoms with Gasteiger partial charge in [-0.1, -0.05) is 66.3 Å². The van der Waals surface area contributed by atoms with E-state index in [4.69, 9.17) is 0 Å². The maximum atomic E-state index is 4.11. The molecular formula is C17H29NSi. The van der Waals surface area contributed by atoms with Crippen molar-refractivity contribution >= 4 is 13.9 Å². The Hall–Kier alpha value is -1.02. The van der Waals surface area contributed by atoms with E-state index in [9.17, 15) is 0 Å². The molecule has 0 bridgehead atoms. The van der Waals surface area contributed by atoms with Crippen molar-refractivity contribution in [2.24, 2.45) is 0 Å². The number of benzene rings is 1. The lowest BCUT2D eigenvalue weighted by Gasteiger charge is -2.50. The van der Waals surface area contributed by atoms with Crippen LogP contribution in [-0.4, -0.2) is 8.24 Å². The van der Waals surface area contributed by atoms with Gasteiger partial charge in [0.25, 0.3) is 0 Å². The Balaban J connectivity index is 3.41. The topological polar surface area (TPSA) is 3.24 Å². The van der Waals surface area contributed by atoms with Gasteiger partial charge in [0.1, 0.15) is 0 Å². The van der Waals surface area contributed by atoms with E-state index in [2.05, 4.69) is 89.2 Å². The molecule has 106 valence electrons. The van der Waals surface area contributed by atoms with Crippen LogP contribution in [0.3, 0.4) is 0 Å². The predicted octanol–water partition coefficient (Wildman–Crippen LogP) is 5.81. The third-order valence-electron chi connectivity index (χ3n) is 4.41. The fourth-order valence-electron chi connectivity index (χ4n) is 3.91. The van der Waals surface area contributed by atoms with E-state index < -0.39 is 8.24 Å². The summed E-state index contributed by atoms with van der Waals surface area (Å²) in [4.78, 5) is 0. The first kappa shape index (κ1) is 16.0. The third-order valence-corrected chi connectivity index (χ3v) is 11.2. The molecule has 0 spiro atoms. The quantitative estimate of drug-likeness (QED) is 0.592. The maximum Gasteiger partial charge on any atom is 0.169 e. The zero-order chi connectivity index (χ0) is 14.6. The van der Waals surface area contributed by atoms with Gasteiger partial charge in [-0.2, -0.15) is 0 Å². The molecule has 2 heteroatoms. The predicted molar refractivity (Wildman–Crippen MR) is 90.2 cm³/mol. The monoisotopic (exact) mass is 275 g/mol. The molecule has 0 saturated carbocycles. The van der Waals surface area contributed by atoms with E-state index in [1.807, 2.05) is 0 Å². The minimum atomic E-state index is -1.68. The molecule has 0 atom stereocenters. The lowest BCUT2D eigenvalue weighted by atomic mass is 10.3. The lowest BCUT2D eigenvalue weighted by Crippen LogP contribution is -2.58. The molecule has 1 aromatic carbocycles. The van der Waals surface area contributed by atoms with Crippen LogP contribution in [0, 0.1) is 0 Å². The minimum Gasteiger partial charge on any atom is -0.374 e. The van der Waals surface area contributed by atoms with Crippen molar-refractivity contribution in [1.82, 2.24) is 0 Å². The summed E-state index contributed by atoms with van der Waals surface area (Å²) in [5.74, 6) is 0. The highest BCUT2D eigenvalue weighted by Crippen LogP contribution is 2.45. The first-order valence-corrected chi connectivity index (χ1v) is 9.53. The third kappa shape index (κ3) is 2.79. The molecule has 0 heterocycles. The molecule has 19 heavy (non-hydrogen) atoms. The molecule has 0 saturated heterocycles. The highest BCUT2D eigenvalue weighted by atomic mass is 28.3. The number of para-hydroxylation sites is 1. The first-order valence-electron chi connectivity index (χ1n) is 7.35. The van der Waals surface area contributed by atoms with Gasteiger partial charge in [0.2, 0.25) is 0 Å². The minimum absolute atomic E-state index is 0.686. The Morgan fingerprint density at radius 3 is 1.63 bits per heavy atom. The van der Waals surface area contributed by atoms with Crippen molar-refractivity contribution in [2.45, 2.75) is 58.2 Å². The van der Waals surface area contributed by atoms with Crippen LogP contribution in [0.15, 0.2) is 43.1 Å². The van der Waals surface area contributed by atoms with Crippen LogP contribution in [0.25, 0.3) is 0 Å². The summed E-state index contributed by atoms with van der Waals surface area (Å²) in [6.07, 6.45) is 2.06. The Morgan fingerprint density at radius 1 is 0.895 bits per heavy atom. The molecule has 0 aromatic heterocycles. The summed E-state index contributed by atoms with van der Waals surface area (Å²) in [5, 5.41) is 0. The summed E-state index contributed by atoms with van der Waals surface area (Å²) < 4.78 is 2.52. The van der Waals surface area contributed by atoms with Crippen molar-refractivity contribution in [3.05, 3.63) is 43.1 Å². The Morgan fingerprint density at radius 2 is 1.32 bits per heavy atom. The molecule has 1 rings (SSSR count). The van der Waals surface area contributed by atoms with Gasteiger partial charge in [0.05, 0.1) is 0 Å². The Bertz CT molecular complexity index is 373. The van der Waals surface area contributed by atoms with Crippen molar-refractivity contribution in [3.8, 4) is 0 Å².